The fourth-order valence-corrected chi connectivity index (χ4v) is 1.76. The van der Waals surface area contributed by atoms with E-state index in [1.165, 1.54) is 6.92 Å². The Morgan fingerprint density at radius 3 is 2.74 bits per heavy atom. The SMILES string of the molecule is Cc1nn(Cc2cc(F)ccc2F)c(N)c1[N+](=O)[O-]. The quantitative estimate of drug-likeness (QED) is 0.681. The average molecular weight is 268 g/mol. The number of nitrogens with zero attached hydrogens (tertiary/aromatic N) is 3. The van der Waals surface area contributed by atoms with E-state index in [2.05, 4.69) is 5.10 Å². The van der Waals surface area contributed by atoms with Crippen molar-refractivity contribution < 1.29 is 13.7 Å². The predicted molar refractivity (Wildman–Crippen MR) is 63.5 cm³/mol. The first-order chi connectivity index (χ1) is 8.90. The summed E-state index contributed by atoms with van der Waals surface area (Å²) in [5, 5.41) is 14.6. The Kier molecular flexibility index (Phi) is 3.16. The lowest BCUT2D eigenvalue weighted by Gasteiger charge is -2.05. The van der Waals surface area contributed by atoms with Crippen molar-refractivity contribution in [2.24, 2.45) is 0 Å². The maximum atomic E-state index is 13.5. The summed E-state index contributed by atoms with van der Waals surface area (Å²) < 4.78 is 27.6. The van der Waals surface area contributed by atoms with E-state index in [1.54, 1.807) is 0 Å². The molecule has 0 aliphatic heterocycles. The molecular weight excluding hydrogens is 258 g/mol. The molecule has 1 heterocycles. The van der Waals surface area contributed by atoms with Gasteiger partial charge in [-0.05, 0) is 25.1 Å². The van der Waals surface area contributed by atoms with Crippen molar-refractivity contribution in [3.8, 4) is 0 Å². The molecule has 2 aromatic rings. The van der Waals surface area contributed by atoms with Crippen molar-refractivity contribution in [1.82, 2.24) is 9.78 Å². The summed E-state index contributed by atoms with van der Waals surface area (Å²) in [6, 6.07) is 2.96. The van der Waals surface area contributed by atoms with Crippen LogP contribution in [0.5, 0.6) is 0 Å². The molecule has 0 aliphatic carbocycles. The molecule has 0 saturated carbocycles. The van der Waals surface area contributed by atoms with Gasteiger partial charge >= 0.3 is 5.69 Å². The normalized spacial score (nSPS) is 10.7. The molecule has 0 amide bonds. The van der Waals surface area contributed by atoms with Crippen LogP contribution >= 0.6 is 0 Å². The third-order valence-electron chi connectivity index (χ3n) is 2.64. The maximum Gasteiger partial charge on any atom is 0.333 e. The van der Waals surface area contributed by atoms with Crippen LogP contribution in [0.2, 0.25) is 0 Å². The molecule has 19 heavy (non-hydrogen) atoms. The standard InChI is InChI=1S/C11H10F2N4O2/c1-6-10(17(18)19)11(14)16(15-6)5-7-4-8(12)2-3-9(7)13/h2-4H,5,14H2,1H3. The average Bonchev–Trinajstić information content (AvgIpc) is 2.59. The second-order valence-electron chi connectivity index (χ2n) is 3.97. The van der Waals surface area contributed by atoms with Gasteiger partial charge in [-0.25, -0.2) is 13.5 Å². The minimum atomic E-state index is -0.657. The van der Waals surface area contributed by atoms with E-state index in [9.17, 15) is 18.9 Å². The lowest BCUT2D eigenvalue weighted by atomic mass is 10.2. The Balaban J connectivity index is 2.42. The highest BCUT2D eigenvalue weighted by Crippen LogP contribution is 2.26. The molecule has 0 aliphatic rings. The highest BCUT2D eigenvalue weighted by Gasteiger charge is 2.23. The number of nitrogens with two attached hydrogens (primary N) is 1. The van der Waals surface area contributed by atoms with Crippen molar-refractivity contribution in [3.63, 3.8) is 0 Å². The van der Waals surface area contributed by atoms with Crippen LogP contribution in [0.15, 0.2) is 18.2 Å². The number of benzene rings is 1. The second kappa shape index (κ2) is 4.63. The van der Waals surface area contributed by atoms with Crippen LogP contribution in [0.4, 0.5) is 20.3 Å². The number of nitrogen functional groups attached to an aromatic ring is 1. The molecule has 1 aromatic carbocycles. The minimum absolute atomic E-state index is 0.0177. The number of halogens is 2. The van der Waals surface area contributed by atoms with E-state index in [0.29, 0.717) is 0 Å². The first-order valence-corrected chi connectivity index (χ1v) is 5.31. The molecule has 2 rings (SSSR count). The van der Waals surface area contributed by atoms with Gasteiger partial charge in [0.25, 0.3) is 0 Å². The smallest absolute Gasteiger partial charge is 0.333 e. The summed E-state index contributed by atoms with van der Waals surface area (Å²) in [5.41, 5.74) is 5.40. The van der Waals surface area contributed by atoms with Crippen molar-refractivity contribution in [3.05, 3.63) is 51.2 Å². The second-order valence-corrected chi connectivity index (χ2v) is 3.97. The molecule has 8 heteroatoms. The number of rotatable bonds is 3. The van der Waals surface area contributed by atoms with Gasteiger partial charge in [0.05, 0.1) is 11.5 Å². The number of anilines is 1. The fourth-order valence-electron chi connectivity index (χ4n) is 1.76. The van der Waals surface area contributed by atoms with Crippen LogP contribution in [-0.4, -0.2) is 14.7 Å². The zero-order chi connectivity index (χ0) is 14.2. The molecule has 6 nitrogen and oxygen atoms in total. The summed E-state index contributed by atoms with van der Waals surface area (Å²) in [6.45, 7) is 1.25. The zero-order valence-electron chi connectivity index (χ0n) is 9.93. The van der Waals surface area contributed by atoms with E-state index in [-0.39, 0.29) is 29.3 Å². The van der Waals surface area contributed by atoms with E-state index in [1.807, 2.05) is 0 Å². The summed E-state index contributed by atoms with van der Waals surface area (Å²) in [4.78, 5) is 10.1. The van der Waals surface area contributed by atoms with Crippen LogP contribution in [0.25, 0.3) is 0 Å². The lowest BCUT2D eigenvalue weighted by molar-refractivity contribution is -0.384. The Labute approximate surface area is 106 Å². The first-order valence-electron chi connectivity index (χ1n) is 5.31. The molecule has 2 N–H and O–H groups in total. The van der Waals surface area contributed by atoms with Gasteiger partial charge in [0.2, 0.25) is 5.82 Å². The summed E-state index contributed by atoms with van der Waals surface area (Å²) >= 11 is 0. The van der Waals surface area contributed by atoms with Crippen LogP contribution in [0.3, 0.4) is 0 Å². The molecule has 1 aromatic heterocycles. The number of aromatic nitrogens is 2. The highest BCUT2D eigenvalue weighted by molar-refractivity contribution is 5.56. The van der Waals surface area contributed by atoms with Crippen molar-refractivity contribution in [2.75, 3.05) is 5.73 Å². The van der Waals surface area contributed by atoms with Crippen LogP contribution in [0, 0.1) is 28.7 Å². The van der Waals surface area contributed by atoms with Crippen molar-refractivity contribution in [1.29, 1.82) is 0 Å². The Morgan fingerprint density at radius 1 is 1.47 bits per heavy atom. The highest BCUT2D eigenvalue weighted by atomic mass is 19.1. The van der Waals surface area contributed by atoms with E-state index >= 15 is 0 Å². The van der Waals surface area contributed by atoms with E-state index in [0.717, 1.165) is 22.9 Å². The van der Waals surface area contributed by atoms with Gasteiger partial charge in [-0.15, -0.1) is 0 Å². The first kappa shape index (κ1) is 12.9. The molecule has 0 saturated heterocycles. The molecular formula is C11H10F2N4O2. The zero-order valence-corrected chi connectivity index (χ0v) is 9.93. The van der Waals surface area contributed by atoms with Gasteiger partial charge in [0, 0.05) is 5.56 Å². The number of hydrogen-bond acceptors (Lipinski definition) is 4. The molecule has 0 bridgehead atoms. The Hall–Kier alpha value is -2.51. The monoisotopic (exact) mass is 268 g/mol. The van der Waals surface area contributed by atoms with Crippen LogP contribution in [0.1, 0.15) is 11.3 Å². The van der Waals surface area contributed by atoms with Crippen molar-refractivity contribution in [2.45, 2.75) is 13.5 Å². The Bertz CT molecular complexity index is 654. The van der Waals surface area contributed by atoms with Gasteiger partial charge in [0.15, 0.2) is 0 Å². The van der Waals surface area contributed by atoms with E-state index in [4.69, 9.17) is 5.73 Å². The summed E-state index contributed by atoms with van der Waals surface area (Å²) in [7, 11) is 0. The third-order valence-corrected chi connectivity index (χ3v) is 2.64. The van der Waals surface area contributed by atoms with Gasteiger partial charge in [-0.3, -0.25) is 10.1 Å². The van der Waals surface area contributed by atoms with Crippen LogP contribution in [-0.2, 0) is 6.54 Å². The lowest BCUT2D eigenvalue weighted by Crippen LogP contribution is -2.08. The molecule has 0 unspecified atom stereocenters. The molecule has 0 fully saturated rings. The third kappa shape index (κ3) is 2.37. The topological polar surface area (TPSA) is 87.0 Å². The predicted octanol–water partition coefficient (Wildman–Crippen LogP) is 2.01. The van der Waals surface area contributed by atoms with Gasteiger partial charge in [-0.2, -0.15) is 5.10 Å². The summed E-state index contributed by atoms with van der Waals surface area (Å²) in [6.07, 6.45) is 0. The van der Waals surface area contributed by atoms with E-state index < -0.39 is 16.6 Å². The number of hydrogen-bond donors (Lipinski definition) is 1. The van der Waals surface area contributed by atoms with Crippen molar-refractivity contribution >= 4 is 11.5 Å². The maximum absolute atomic E-state index is 13.5. The van der Waals surface area contributed by atoms with Crippen LogP contribution < -0.4 is 5.73 Å². The molecule has 0 atom stereocenters. The molecule has 0 radical (unpaired) electrons. The molecule has 100 valence electrons. The fraction of sp³-hybridized carbons (Fsp3) is 0.182. The number of nitro groups is 1. The summed E-state index contributed by atoms with van der Waals surface area (Å²) in [5.74, 6) is -1.42. The van der Waals surface area contributed by atoms with Gasteiger partial charge in [-0.1, -0.05) is 0 Å². The largest absolute Gasteiger partial charge is 0.378 e. The molecule has 0 spiro atoms. The van der Waals surface area contributed by atoms with Gasteiger partial charge < -0.3 is 5.73 Å². The van der Waals surface area contributed by atoms with Gasteiger partial charge in [0.1, 0.15) is 17.3 Å². The number of aryl methyl sites for hydroxylation is 1. The minimum Gasteiger partial charge on any atom is -0.378 e. The Morgan fingerprint density at radius 2 is 2.16 bits per heavy atom.